The van der Waals surface area contributed by atoms with E-state index in [1.54, 1.807) is 7.11 Å². The van der Waals surface area contributed by atoms with Gasteiger partial charge in [-0.25, -0.2) is 9.97 Å². The molecule has 2 atom stereocenters. The van der Waals surface area contributed by atoms with Crippen LogP contribution in [0.4, 0.5) is 5.82 Å². The largest absolute Gasteiger partial charge is 0.490 e. The molecule has 0 radical (unpaired) electrons. The number of rotatable bonds is 3. The van der Waals surface area contributed by atoms with Crippen molar-refractivity contribution in [1.82, 2.24) is 14.9 Å². The second kappa shape index (κ2) is 5.71. The number of piperidine rings is 1. The van der Waals surface area contributed by atoms with Crippen molar-refractivity contribution in [2.75, 3.05) is 26.0 Å². The number of nitrogens with zero attached hydrogens (tertiary/aromatic N) is 3. The van der Waals surface area contributed by atoms with Gasteiger partial charge < -0.3 is 15.0 Å². The normalized spacial score (nSPS) is 24.9. The predicted octanol–water partition coefficient (Wildman–Crippen LogP) is 2.03. The van der Waals surface area contributed by atoms with E-state index in [0.29, 0.717) is 28.8 Å². The van der Waals surface area contributed by atoms with E-state index in [2.05, 4.69) is 34.2 Å². The van der Waals surface area contributed by atoms with Crippen molar-refractivity contribution in [3.63, 3.8) is 0 Å². The molecule has 1 aromatic heterocycles. The third-order valence-corrected chi connectivity index (χ3v) is 3.78. The highest BCUT2D eigenvalue weighted by atomic mass is 35.5. The Morgan fingerprint density at radius 2 is 2.28 bits per heavy atom. The minimum atomic E-state index is 0.343. The molecule has 0 aromatic carbocycles. The maximum absolute atomic E-state index is 5.97. The molecule has 1 fully saturated rings. The van der Waals surface area contributed by atoms with Gasteiger partial charge in [-0.15, -0.1) is 0 Å². The zero-order valence-electron chi connectivity index (χ0n) is 11.0. The van der Waals surface area contributed by atoms with Crippen molar-refractivity contribution in [2.45, 2.75) is 31.8 Å². The molecule has 0 bridgehead atoms. The monoisotopic (exact) mass is 270 g/mol. The number of nitrogens with one attached hydrogen (secondary N) is 1. The summed E-state index contributed by atoms with van der Waals surface area (Å²) in [6, 6.07) is 0.968. The summed E-state index contributed by atoms with van der Waals surface area (Å²) < 4.78 is 5.24. The molecular weight excluding hydrogens is 252 g/mol. The van der Waals surface area contributed by atoms with Gasteiger partial charge in [0.1, 0.15) is 6.33 Å². The first kappa shape index (κ1) is 13.4. The van der Waals surface area contributed by atoms with Crippen LogP contribution in [0.1, 0.15) is 19.8 Å². The molecule has 2 rings (SSSR count). The first-order chi connectivity index (χ1) is 8.61. The van der Waals surface area contributed by atoms with Crippen molar-refractivity contribution in [2.24, 2.45) is 0 Å². The summed E-state index contributed by atoms with van der Waals surface area (Å²) >= 11 is 5.97. The summed E-state index contributed by atoms with van der Waals surface area (Å²) in [5, 5.41) is 3.75. The van der Waals surface area contributed by atoms with E-state index in [9.17, 15) is 0 Å². The van der Waals surface area contributed by atoms with Crippen molar-refractivity contribution in [3.8, 4) is 5.75 Å². The van der Waals surface area contributed by atoms with Crippen LogP contribution in [0.3, 0.4) is 0 Å². The lowest BCUT2D eigenvalue weighted by Gasteiger charge is -2.35. The van der Waals surface area contributed by atoms with E-state index < -0.39 is 0 Å². The van der Waals surface area contributed by atoms with Gasteiger partial charge >= 0.3 is 0 Å². The van der Waals surface area contributed by atoms with Crippen LogP contribution in [0.25, 0.3) is 0 Å². The van der Waals surface area contributed by atoms with E-state index in [4.69, 9.17) is 16.3 Å². The number of hydrogen-bond acceptors (Lipinski definition) is 5. The lowest BCUT2D eigenvalue weighted by atomic mass is 9.99. The van der Waals surface area contributed by atoms with Gasteiger partial charge in [0.25, 0.3) is 0 Å². The summed E-state index contributed by atoms with van der Waals surface area (Å²) in [5.41, 5.74) is 0. The third kappa shape index (κ3) is 2.84. The zero-order valence-corrected chi connectivity index (χ0v) is 11.7. The van der Waals surface area contributed by atoms with E-state index >= 15 is 0 Å². The Balaban J connectivity index is 2.08. The fourth-order valence-electron chi connectivity index (χ4n) is 2.25. The van der Waals surface area contributed by atoms with Crippen LogP contribution in [0.15, 0.2) is 6.33 Å². The highest BCUT2D eigenvalue weighted by Crippen LogP contribution is 2.30. The number of methoxy groups -OCH3 is 1. The summed E-state index contributed by atoms with van der Waals surface area (Å²) in [5.74, 6) is 1.20. The molecule has 100 valence electrons. The van der Waals surface area contributed by atoms with Crippen LogP contribution < -0.4 is 10.1 Å². The van der Waals surface area contributed by atoms with Crippen molar-refractivity contribution >= 4 is 17.4 Å². The SMILES string of the molecule is COc1c(Cl)ncnc1NC1CCN(C)C(C)C1. The molecule has 2 unspecified atom stereocenters. The highest BCUT2D eigenvalue weighted by molar-refractivity contribution is 6.31. The Morgan fingerprint density at radius 3 is 2.94 bits per heavy atom. The van der Waals surface area contributed by atoms with E-state index in [-0.39, 0.29) is 0 Å². The second-order valence-electron chi connectivity index (χ2n) is 4.74. The van der Waals surface area contributed by atoms with Gasteiger partial charge in [-0.2, -0.15) is 0 Å². The molecule has 1 N–H and O–H groups in total. The lowest BCUT2D eigenvalue weighted by molar-refractivity contribution is 0.190. The molecule has 2 heterocycles. The Labute approximate surface area is 113 Å². The van der Waals surface area contributed by atoms with Gasteiger partial charge in [0.15, 0.2) is 16.7 Å². The molecule has 6 heteroatoms. The zero-order chi connectivity index (χ0) is 13.1. The van der Waals surface area contributed by atoms with E-state index in [0.717, 1.165) is 19.4 Å². The molecule has 5 nitrogen and oxygen atoms in total. The molecule has 1 saturated heterocycles. The quantitative estimate of drug-likeness (QED) is 0.852. The molecule has 0 aliphatic carbocycles. The van der Waals surface area contributed by atoms with E-state index in [1.165, 1.54) is 6.33 Å². The van der Waals surface area contributed by atoms with Crippen molar-refractivity contribution < 1.29 is 4.74 Å². The molecule has 18 heavy (non-hydrogen) atoms. The Bertz CT molecular complexity index is 415. The lowest BCUT2D eigenvalue weighted by Crippen LogP contribution is -2.42. The van der Waals surface area contributed by atoms with Crippen molar-refractivity contribution in [1.29, 1.82) is 0 Å². The number of likely N-dealkylation sites (tertiary alicyclic amines) is 1. The van der Waals surface area contributed by atoms with Crippen LogP contribution in [-0.2, 0) is 0 Å². The van der Waals surface area contributed by atoms with E-state index in [1.807, 2.05) is 0 Å². The van der Waals surface area contributed by atoms with Crippen LogP contribution in [0.2, 0.25) is 5.15 Å². The highest BCUT2D eigenvalue weighted by Gasteiger charge is 2.24. The average Bonchev–Trinajstić information content (AvgIpc) is 2.34. The van der Waals surface area contributed by atoms with Gasteiger partial charge in [-0.1, -0.05) is 11.6 Å². The number of aromatic nitrogens is 2. The molecule has 0 saturated carbocycles. The fraction of sp³-hybridized carbons (Fsp3) is 0.667. The molecule has 0 spiro atoms. The van der Waals surface area contributed by atoms with Crippen molar-refractivity contribution in [3.05, 3.63) is 11.5 Å². The summed E-state index contributed by atoms with van der Waals surface area (Å²) in [7, 11) is 3.73. The Morgan fingerprint density at radius 1 is 1.50 bits per heavy atom. The topological polar surface area (TPSA) is 50.3 Å². The fourth-order valence-corrected chi connectivity index (χ4v) is 2.46. The minimum Gasteiger partial charge on any atom is -0.490 e. The molecule has 1 aliphatic rings. The van der Waals surface area contributed by atoms with Gasteiger partial charge in [0.2, 0.25) is 0 Å². The molecule has 1 aliphatic heterocycles. The molecule has 0 amide bonds. The number of ether oxygens (including phenoxy) is 1. The van der Waals surface area contributed by atoms with Gasteiger partial charge in [0.05, 0.1) is 7.11 Å². The molecular formula is C12H19ClN4O. The maximum Gasteiger partial charge on any atom is 0.198 e. The summed E-state index contributed by atoms with van der Waals surface area (Å²) in [6.07, 6.45) is 3.62. The van der Waals surface area contributed by atoms with Crippen LogP contribution in [0, 0.1) is 0 Å². The number of anilines is 1. The summed E-state index contributed by atoms with van der Waals surface area (Å²) in [4.78, 5) is 10.5. The third-order valence-electron chi connectivity index (χ3n) is 3.51. The second-order valence-corrected chi connectivity index (χ2v) is 5.10. The first-order valence-electron chi connectivity index (χ1n) is 6.13. The summed E-state index contributed by atoms with van der Waals surface area (Å²) in [6.45, 7) is 3.32. The van der Waals surface area contributed by atoms with Gasteiger partial charge in [-0.3, -0.25) is 0 Å². The first-order valence-corrected chi connectivity index (χ1v) is 6.51. The molecule has 1 aromatic rings. The van der Waals surface area contributed by atoms with Gasteiger partial charge in [0, 0.05) is 18.6 Å². The predicted molar refractivity (Wildman–Crippen MR) is 72.3 cm³/mol. The minimum absolute atomic E-state index is 0.343. The standard InChI is InChI=1S/C12H19ClN4O/c1-8-6-9(4-5-17(8)2)16-12-10(18-3)11(13)14-7-15-12/h7-9H,4-6H2,1-3H3,(H,14,15,16). The van der Waals surface area contributed by atoms with Crippen LogP contribution in [0.5, 0.6) is 5.75 Å². The van der Waals surface area contributed by atoms with Gasteiger partial charge in [-0.05, 0) is 26.8 Å². The smallest absolute Gasteiger partial charge is 0.198 e. The Hall–Kier alpha value is -1.07. The number of hydrogen-bond donors (Lipinski definition) is 1. The average molecular weight is 271 g/mol. The Kier molecular flexibility index (Phi) is 4.24. The van der Waals surface area contributed by atoms with Crippen LogP contribution >= 0.6 is 11.6 Å². The van der Waals surface area contributed by atoms with Crippen LogP contribution in [-0.4, -0.2) is 47.7 Å². The maximum atomic E-state index is 5.97. The number of halogens is 1.